The van der Waals surface area contributed by atoms with E-state index in [9.17, 15) is 8.42 Å². The normalized spacial score (nSPS) is 20.0. The van der Waals surface area contributed by atoms with Crippen LogP contribution in [-0.2, 0) is 10.0 Å². The van der Waals surface area contributed by atoms with E-state index in [0.29, 0.717) is 12.5 Å². The van der Waals surface area contributed by atoms with Crippen LogP contribution in [0.3, 0.4) is 0 Å². The second kappa shape index (κ2) is 4.59. The van der Waals surface area contributed by atoms with Gasteiger partial charge in [-0.3, -0.25) is 0 Å². The van der Waals surface area contributed by atoms with E-state index in [-0.39, 0.29) is 11.8 Å². The molecule has 1 saturated carbocycles. The number of nitrogens with two attached hydrogens (primary N) is 1. The van der Waals surface area contributed by atoms with Crippen molar-refractivity contribution in [3.8, 4) is 0 Å². The summed E-state index contributed by atoms with van der Waals surface area (Å²) < 4.78 is 24.9. The van der Waals surface area contributed by atoms with Crippen molar-refractivity contribution in [2.75, 3.05) is 19.3 Å². The third kappa shape index (κ3) is 3.22. The molecule has 0 radical (unpaired) electrons. The highest BCUT2D eigenvalue weighted by Gasteiger charge is 2.27. The molecule has 14 heavy (non-hydrogen) atoms. The Kier molecular flexibility index (Phi) is 3.92. The molecule has 0 bridgehead atoms. The molecule has 0 aromatic heterocycles. The van der Waals surface area contributed by atoms with Gasteiger partial charge in [0.15, 0.2) is 0 Å². The van der Waals surface area contributed by atoms with Crippen molar-refractivity contribution in [3.63, 3.8) is 0 Å². The Morgan fingerprint density at radius 3 is 2.50 bits per heavy atom. The van der Waals surface area contributed by atoms with Gasteiger partial charge in [-0.05, 0) is 19.3 Å². The molecule has 0 saturated heterocycles. The van der Waals surface area contributed by atoms with Crippen LogP contribution >= 0.6 is 0 Å². The molecule has 1 rings (SSSR count). The summed E-state index contributed by atoms with van der Waals surface area (Å²) in [5.74, 6) is 0.935. The van der Waals surface area contributed by atoms with Crippen molar-refractivity contribution in [3.05, 3.63) is 0 Å². The van der Waals surface area contributed by atoms with Crippen LogP contribution in [0.4, 0.5) is 0 Å². The van der Waals surface area contributed by atoms with Crippen LogP contribution in [0, 0.1) is 5.92 Å². The van der Waals surface area contributed by atoms with Gasteiger partial charge in [-0.2, -0.15) is 0 Å². The molecule has 0 spiro atoms. The lowest BCUT2D eigenvalue weighted by Gasteiger charge is -2.22. The minimum Gasteiger partial charge on any atom is -0.329 e. The minimum atomic E-state index is -3.07. The molecule has 5 heteroatoms. The first-order valence-corrected chi connectivity index (χ1v) is 6.74. The summed E-state index contributed by atoms with van der Waals surface area (Å²) >= 11 is 0. The Balaban J connectivity index is 2.44. The van der Waals surface area contributed by atoms with Crippen molar-refractivity contribution >= 4 is 10.0 Å². The summed E-state index contributed by atoms with van der Waals surface area (Å²) in [5, 5.41) is 0. The lowest BCUT2D eigenvalue weighted by molar-refractivity contribution is 0.393. The topological polar surface area (TPSA) is 63.4 Å². The Labute approximate surface area is 86.5 Å². The maximum atomic E-state index is 11.7. The molecule has 0 heterocycles. The lowest BCUT2D eigenvalue weighted by atomic mass is 10.3. The largest absolute Gasteiger partial charge is 0.329 e. The summed E-state index contributed by atoms with van der Waals surface area (Å²) in [5.41, 5.74) is 5.43. The highest BCUT2D eigenvalue weighted by atomic mass is 32.2. The van der Waals surface area contributed by atoms with E-state index in [2.05, 4.69) is 0 Å². The third-order valence-corrected chi connectivity index (χ3v) is 4.87. The molecule has 0 aromatic rings. The average molecular weight is 220 g/mol. The van der Waals surface area contributed by atoms with Gasteiger partial charge in [-0.25, -0.2) is 12.7 Å². The van der Waals surface area contributed by atoms with Crippen LogP contribution in [-0.4, -0.2) is 38.1 Å². The second-order valence-electron chi connectivity index (χ2n) is 4.15. The Hall–Kier alpha value is -0.130. The van der Waals surface area contributed by atoms with E-state index in [1.807, 2.05) is 6.92 Å². The Morgan fingerprint density at radius 2 is 2.07 bits per heavy atom. The van der Waals surface area contributed by atoms with E-state index in [1.165, 1.54) is 17.1 Å². The van der Waals surface area contributed by atoms with E-state index in [1.54, 1.807) is 7.05 Å². The monoisotopic (exact) mass is 220 g/mol. The quantitative estimate of drug-likeness (QED) is 0.704. The van der Waals surface area contributed by atoms with Gasteiger partial charge < -0.3 is 5.73 Å². The summed E-state index contributed by atoms with van der Waals surface area (Å²) in [4.78, 5) is 0. The minimum absolute atomic E-state index is 0.0980. The maximum absolute atomic E-state index is 11.7. The molecule has 4 nitrogen and oxygen atoms in total. The summed E-state index contributed by atoms with van der Waals surface area (Å²) in [6.07, 6.45) is 3.21. The standard InChI is InChI=1S/C9H20N2O2S/c1-8(7-10)11(2)14(12,13)6-5-9-3-4-9/h8-9H,3-7,10H2,1-2H3. The molecule has 0 aliphatic heterocycles. The first-order chi connectivity index (χ1) is 6.47. The van der Waals surface area contributed by atoms with Gasteiger partial charge in [-0.15, -0.1) is 0 Å². The van der Waals surface area contributed by atoms with Crippen LogP contribution in [0.2, 0.25) is 0 Å². The molecule has 84 valence electrons. The van der Waals surface area contributed by atoms with E-state index < -0.39 is 10.0 Å². The van der Waals surface area contributed by atoms with E-state index in [0.717, 1.165) is 6.42 Å². The first kappa shape index (κ1) is 11.9. The third-order valence-electron chi connectivity index (χ3n) is 2.88. The maximum Gasteiger partial charge on any atom is 0.214 e. The molecule has 0 amide bonds. The smallest absolute Gasteiger partial charge is 0.214 e. The molecule has 1 aliphatic carbocycles. The van der Waals surface area contributed by atoms with Crippen LogP contribution in [0.1, 0.15) is 26.2 Å². The van der Waals surface area contributed by atoms with Crippen molar-refractivity contribution in [1.82, 2.24) is 4.31 Å². The van der Waals surface area contributed by atoms with Crippen molar-refractivity contribution in [2.45, 2.75) is 32.2 Å². The Bertz CT molecular complexity index is 273. The summed E-state index contributed by atoms with van der Waals surface area (Å²) in [6.45, 7) is 2.20. The molecule has 1 fully saturated rings. The van der Waals surface area contributed by atoms with Gasteiger partial charge in [0.1, 0.15) is 0 Å². The molecular formula is C9H20N2O2S. The average Bonchev–Trinajstić information content (AvgIpc) is 2.96. The molecule has 2 N–H and O–H groups in total. The van der Waals surface area contributed by atoms with Crippen molar-refractivity contribution in [1.29, 1.82) is 0 Å². The van der Waals surface area contributed by atoms with Crippen molar-refractivity contribution in [2.24, 2.45) is 11.7 Å². The van der Waals surface area contributed by atoms with Gasteiger partial charge in [-0.1, -0.05) is 12.8 Å². The Morgan fingerprint density at radius 1 is 1.50 bits per heavy atom. The number of rotatable bonds is 6. The van der Waals surface area contributed by atoms with E-state index >= 15 is 0 Å². The first-order valence-electron chi connectivity index (χ1n) is 5.13. The second-order valence-corrected chi connectivity index (χ2v) is 6.30. The van der Waals surface area contributed by atoms with Gasteiger partial charge in [0.05, 0.1) is 5.75 Å². The van der Waals surface area contributed by atoms with Crippen LogP contribution in [0.25, 0.3) is 0 Å². The molecule has 0 aromatic carbocycles. The highest BCUT2D eigenvalue weighted by molar-refractivity contribution is 7.89. The molecule has 1 unspecified atom stereocenters. The number of hydrogen-bond acceptors (Lipinski definition) is 3. The number of nitrogens with zero attached hydrogens (tertiary/aromatic N) is 1. The van der Waals surface area contributed by atoms with Gasteiger partial charge in [0.25, 0.3) is 0 Å². The lowest BCUT2D eigenvalue weighted by Crippen LogP contribution is -2.40. The fourth-order valence-corrected chi connectivity index (χ4v) is 2.84. The predicted molar refractivity (Wildman–Crippen MR) is 57.4 cm³/mol. The number of hydrogen-bond donors (Lipinski definition) is 1. The van der Waals surface area contributed by atoms with Gasteiger partial charge in [0, 0.05) is 19.6 Å². The molecule has 1 aliphatic rings. The predicted octanol–water partition coefficient (Wildman–Crippen LogP) is 0.395. The van der Waals surface area contributed by atoms with Crippen molar-refractivity contribution < 1.29 is 8.42 Å². The number of likely N-dealkylation sites (N-methyl/N-ethyl adjacent to an activating group) is 1. The van der Waals surface area contributed by atoms with Crippen LogP contribution < -0.4 is 5.73 Å². The highest BCUT2D eigenvalue weighted by Crippen LogP contribution is 2.32. The molecule has 1 atom stereocenters. The van der Waals surface area contributed by atoms with Crippen LogP contribution in [0.15, 0.2) is 0 Å². The zero-order chi connectivity index (χ0) is 10.8. The zero-order valence-electron chi connectivity index (χ0n) is 8.94. The fourth-order valence-electron chi connectivity index (χ4n) is 1.29. The van der Waals surface area contributed by atoms with Gasteiger partial charge in [0.2, 0.25) is 10.0 Å². The van der Waals surface area contributed by atoms with Crippen LogP contribution in [0.5, 0.6) is 0 Å². The van der Waals surface area contributed by atoms with Gasteiger partial charge >= 0.3 is 0 Å². The summed E-state index contributed by atoms with van der Waals surface area (Å²) in [6, 6.07) is -0.0980. The van der Waals surface area contributed by atoms with E-state index in [4.69, 9.17) is 5.73 Å². The summed E-state index contributed by atoms with van der Waals surface area (Å²) in [7, 11) is -1.46. The molecular weight excluding hydrogens is 200 g/mol. The SMILES string of the molecule is CC(CN)N(C)S(=O)(=O)CCC1CC1. The fraction of sp³-hybridized carbons (Fsp3) is 1.00. The number of sulfonamides is 1. The zero-order valence-corrected chi connectivity index (χ0v) is 9.76.